The molecule has 2 aromatic heterocycles. The first-order valence-corrected chi connectivity index (χ1v) is 11.6. The van der Waals surface area contributed by atoms with Gasteiger partial charge >= 0.3 is 6.03 Å². The minimum Gasteiger partial charge on any atom is -0.306 e. The van der Waals surface area contributed by atoms with Crippen molar-refractivity contribution in [1.82, 2.24) is 4.98 Å². The summed E-state index contributed by atoms with van der Waals surface area (Å²) in [5, 5.41) is 14.0. The van der Waals surface area contributed by atoms with Gasteiger partial charge in [-0.05, 0) is 65.9 Å². The summed E-state index contributed by atoms with van der Waals surface area (Å²) in [6.07, 6.45) is 3.57. The van der Waals surface area contributed by atoms with Crippen LogP contribution in [0.2, 0.25) is 0 Å². The molecule has 0 spiro atoms. The molecule has 2 N–H and O–H groups in total. The van der Waals surface area contributed by atoms with Crippen LogP contribution in [0.25, 0.3) is 21.6 Å². The first kappa shape index (κ1) is 22.7. The van der Waals surface area contributed by atoms with Crippen LogP contribution < -0.4 is 10.4 Å². The van der Waals surface area contributed by atoms with Crippen molar-refractivity contribution in [2.75, 3.05) is 10.4 Å². The standard InChI is InChI=1S/C27H27N3O2S/c1-18-8-10-21(11-9-18)29-26(31)30(32)22-7-5-6-20(16-22)25-23(19-12-14-28-15-13-19)17-24(33-25)27(2,3)4/h5-17,32H,1-4H3,(H,29,31). The topological polar surface area (TPSA) is 65.5 Å². The third-order valence-corrected chi connectivity index (χ3v) is 6.92. The number of nitrogens with zero attached hydrogens (tertiary/aromatic N) is 2. The van der Waals surface area contributed by atoms with Crippen LogP contribution >= 0.6 is 11.3 Å². The predicted molar refractivity (Wildman–Crippen MR) is 136 cm³/mol. The summed E-state index contributed by atoms with van der Waals surface area (Å²) in [6.45, 7) is 8.56. The van der Waals surface area contributed by atoms with Crippen LogP contribution in [-0.2, 0) is 5.41 Å². The molecule has 0 saturated carbocycles. The third kappa shape index (κ3) is 5.13. The lowest BCUT2D eigenvalue weighted by molar-refractivity contribution is 0.216. The zero-order valence-corrected chi connectivity index (χ0v) is 20.0. The summed E-state index contributed by atoms with van der Waals surface area (Å²) < 4.78 is 0. The average Bonchev–Trinajstić information content (AvgIpc) is 3.27. The normalized spacial score (nSPS) is 11.3. The van der Waals surface area contributed by atoms with Gasteiger partial charge in [0.1, 0.15) is 0 Å². The number of aromatic nitrogens is 1. The Morgan fingerprint density at radius 1 is 0.970 bits per heavy atom. The van der Waals surface area contributed by atoms with Crippen LogP contribution in [-0.4, -0.2) is 16.2 Å². The monoisotopic (exact) mass is 457 g/mol. The molecule has 0 saturated heterocycles. The number of rotatable bonds is 4. The van der Waals surface area contributed by atoms with E-state index < -0.39 is 6.03 Å². The van der Waals surface area contributed by atoms with Crippen molar-refractivity contribution < 1.29 is 10.0 Å². The van der Waals surface area contributed by atoms with Gasteiger partial charge in [0.15, 0.2) is 0 Å². The Bertz CT molecular complexity index is 1260. The highest BCUT2D eigenvalue weighted by atomic mass is 32.1. The van der Waals surface area contributed by atoms with Gasteiger partial charge in [-0.1, -0.05) is 50.6 Å². The summed E-state index contributed by atoms with van der Waals surface area (Å²) in [4.78, 5) is 19.1. The van der Waals surface area contributed by atoms with Gasteiger partial charge in [0.25, 0.3) is 0 Å². The Hall–Kier alpha value is -3.48. The summed E-state index contributed by atoms with van der Waals surface area (Å²) in [6, 6.07) is 20.4. The number of carbonyl (C=O) groups excluding carboxylic acids is 1. The molecule has 0 bridgehead atoms. The van der Waals surface area contributed by atoms with Crippen LogP contribution in [0.5, 0.6) is 0 Å². The zero-order valence-electron chi connectivity index (χ0n) is 19.2. The fourth-order valence-electron chi connectivity index (χ4n) is 3.43. The van der Waals surface area contributed by atoms with Crippen LogP contribution in [0, 0.1) is 6.92 Å². The van der Waals surface area contributed by atoms with E-state index in [-0.39, 0.29) is 5.41 Å². The fraction of sp³-hybridized carbons (Fsp3) is 0.185. The number of hydrogen-bond acceptors (Lipinski definition) is 4. The van der Waals surface area contributed by atoms with Crippen LogP contribution in [0.4, 0.5) is 16.2 Å². The van der Waals surface area contributed by atoms with Crippen molar-refractivity contribution in [3.8, 4) is 21.6 Å². The maximum atomic E-state index is 12.6. The molecule has 0 atom stereocenters. The van der Waals surface area contributed by atoms with Crippen molar-refractivity contribution in [3.63, 3.8) is 0 Å². The van der Waals surface area contributed by atoms with E-state index in [2.05, 4.69) is 37.1 Å². The van der Waals surface area contributed by atoms with Crippen molar-refractivity contribution >= 4 is 28.7 Å². The molecule has 2 aromatic carbocycles. The number of hydroxylamine groups is 1. The van der Waals surface area contributed by atoms with Gasteiger partial charge in [0.2, 0.25) is 0 Å². The lowest BCUT2D eigenvalue weighted by Gasteiger charge is -2.17. The smallest absolute Gasteiger partial charge is 0.306 e. The van der Waals surface area contributed by atoms with Gasteiger partial charge < -0.3 is 5.32 Å². The summed E-state index contributed by atoms with van der Waals surface area (Å²) in [7, 11) is 0. The van der Waals surface area contributed by atoms with Crippen LogP contribution in [0.1, 0.15) is 31.2 Å². The third-order valence-electron chi connectivity index (χ3n) is 5.31. The Morgan fingerprint density at radius 2 is 1.67 bits per heavy atom. The first-order valence-electron chi connectivity index (χ1n) is 10.7. The molecule has 0 aliphatic carbocycles. The van der Waals surface area contributed by atoms with Crippen LogP contribution in [0.3, 0.4) is 0 Å². The molecule has 6 heteroatoms. The van der Waals surface area contributed by atoms with Gasteiger partial charge in [-0.2, -0.15) is 5.06 Å². The van der Waals surface area contributed by atoms with Gasteiger partial charge in [-0.3, -0.25) is 10.2 Å². The number of nitrogens with one attached hydrogen (secondary N) is 1. The first-order chi connectivity index (χ1) is 15.7. The van der Waals surface area contributed by atoms with Crippen LogP contribution in [0.15, 0.2) is 79.1 Å². The second-order valence-corrected chi connectivity index (χ2v) is 10.0. The number of pyridine rings is 1. The highest BCUT2D eigenvalue weighted by Crippen LogP contribution is 2.43. The second-order valence-electron chi connectivity index (χ2n) is 9.00. The molecule has 0 unspecified atom stereocenters. The summed E-state index contributed by atoms with van der Waals surface area (Å²) >= 11 is 1.73. The number of amides is 2. The number of hydrogen-bond donors (Lipinski definition) is 2. The predicted octanol–water partition coefficient (Wildman–Crippen LogP) is 7.51. The van der Waals surface area contributed by atoms with E-state index in [9.17, 15) is 10.0 Å². The van der Waals surface area contributed by atoms with Gasteiger partial charge in [0, 0.05) is 33.4 Å². The molecular formula is C27H27N3O2S. The highest BCUT2D eigenvalue weighted by molar-refractivity contribution is 7.16. The van der Waals surface area contributed by atoms with Crippen molar-refractivity contribution in [2.45, 2.75) is 33.1 Å². The molecule has 4 rings (SSSR count). The van der Waals surface area contributed by atoms with Crippen molar-refractivity contribution in [1.29, 1.82) is 0 Å². The summed E-state index contributed by atoms with van der Waals surface area (Å²) in [5.41, 5.74) is 5.23. The SMILES string of the molecule is Cc1ccc(NC(=O)N(O)c2cccc(-c3sc(C(C)(C)C)cc3-c3ccncc3)c2)cc1. The lowest BCUT2D eigenvalue weighted by Crippen LogP contribution is -2.31. The molecular weight excluding hydrogens is 430 g/mol. The molecule has 2 heterocycles. The number of thiophene rings is 1. The Balaban J connectivity index is 1.68. The number of benzene rings is 2. The number of aryl methyl sites for hydroxylation is 1. The Kier molecular flexibility index (Phi) is 6.31. The van der Waals surface area contributed by atoms with Gasteiger partial charge in [-0.25, -0.2) is 4.79 Å². The van der Waals surface area contributed by atoms with Gasteiger partial charge in [-0.15, -0.1) is 11.3 Å². The van der Waals surface area contributed by atoms with Crippen molar-refractivity contribution in [3.05, 3.63) is 89.6 Å². The fourth-order valence-corrected chi connectivity index (χ4v) is 4.66. The van der Waals surface area contributed by atoms with E-state index in [1.807, 2.05) is 49.4 Å². The Morgan fingerprint density at radius 3 is 2.33 bits per heavy atom. The van der Waals surface area contributed by atoms with Gasteiger partial charge in [0.05, 0.1) is 5.69 Å². The minimum absolute atomic E-state index is 0.000749. The molecule has 0 fully saturated rings. The summed E-state index contributed by atoms with van der Waals surface area (Å²) in [5.74, 6) is 0. The molecule has 168 valence electrons. The molecule has 2 amide bonds. The maximum absolute atomic E-state index is 12.6. The molecule has 5 nitrogen and oxygen atoms in total. The van der Waals surface area contributed by atoms with E-state index in [0.717, 1.165) is 27.1 Å². The quantitative estimate of drug-likeness (QED) is 0.246. The number of urea groups is 1. The molecule has 4 aromatic rings. The van der Waals surface area contributed by atoms with E-state index in [1.54, 1.807) is 41.9 Å². The Labute approximate surface area is 198 Å². The minimum atomic E-state index is -0.619. The van der Waals surface area contributed by atoms with E-state index in [0.29, 0.717) is 16.4 Å². The second kappa shape index (κ2) is 9.17. The number of carbonyl (C=O) groups is 1. The average molecular weight is 458 g/mol. The lowest BCUT2D eigenvalue weighted by atomic mass is 9.93. The largest absolute Gasteiger partial charge is 0.350 e. The maximum Gasteiger partial charge on any atom is 0.350 e. The van der Waals surface area contributed by atoms with E-state index in [4.69, 9.17) is 0 Å². The van der Waals surface area contributed by atoms with Crippen molar-refractivity contribution in [2.24, 2.45) is 0 Å². The molecule has 0 aliphatic heterocycles. The number of anilines is 2. The molecule has 33 heavy (non-hydrogen) atoms. The van der Waals surface area contributed by atoms with E-state index >= 15 is 0 Å². The molecule has 0 aliphatic rings. The highest BCUT2D eigenvalue weighted by Gasteiger charge is 2.22. The zero-order chi connectivity index (χ0) is 23.6. The molecule has 0 radical (unpaired) electrons. The van der Waals surface area contributed by atoms with E-state index in [1.165, 1.54) is 4.88 Å².